The van der Waals surface area contributed by atoms with Crippen LogP contribution in [0.3, 0.4) is 0 Å². The Balaban J connectivity index is 1.70. The summed E-state index contributed by atoms with van der Waals surface area (Å²) in [6.07, 6.45) is 1.07. The van der Waals surface area contributed by atoms with E-state index in [0.29, 0.717) is 30.5 Å². The van der Waals surface area contributed by atoms with E-state index in [9.17, 15) is 24.0 Å². The van der Waals surface area contributed by atoms with Gasteiger partial charge in [0.1, 0.15) is 0 Å². The first-order chi connectivity index (χ1) is 14.0. The zero-order valence-corrected chi connectivity index (χ0v) is 16.1. The molecule has 2 heterocycles. The van der Waals surface area contributed by atoms with E-state index in [-0.39, 0.29) is 25.4 Å². The summed E-state index contributed by atoms with van der Waals surface area (Å²) in [5.41, 5.74) is 0.617. The van der Waals surface area contributed by atoms with Gasteiger partial charge in [0.05, 0.1) is 18.4 Å². The molecule has 2 saturated heterocycles. The van der Waals surface area contributed by atoms with Crippen molar-refractivity contribution >= 4 is 29.4 Å². The van der Waals surface area contributed by atoms with E-state index in [1.165, 1.54) is 5.01 Å². The van der Waals surface area contributed by atoms with Crippen LogP contribution >= 0.6 is 0 Å². The molecular formula is C21H22N2O6. The van der Waals surface area contributed by atoms with Crippen molar-refractivity contribution in [3.63, 3.8) is 0 Å². The Morgan fingerprint density at radius 3 is 2.34 bits per heavy atom. The number of Topliss-reactive ketones (excluding diaryl/α,β-unsaturated/α-hetero) is 2. The highest BCUT2D eigenvalue weighted by Gasteiger charge is 2.52. The number of nitrogens with zero attached hydrogens (tertiary/aromatic N) is 2. The Morgan fingerprint density at radius 2 is 1.72 bits per heavy atom. The first-order valence-corrected chi connectivity index (χ1v) is 9.93. The highest BCUT2D eigenvalue weighted by molar-refractivity contribution is 6.27. The molecule has 0 radical (unpaired) electrons. The fourth-order valence-corrected chi connectivity index (χ4v) is 4.55. The van der Waals surface area contributed by atoms with E-state index in [0.717, 1.165) is 5.01 Å². The van der Waals surface area contributed by atoms with Gasteiger partial charge in [0.2, 0.25) is 11.8 Å². The summed E-state index contributed by atoms with van der Waals surface area (Å²) in [4.78, 5) is 64.5. The number of hydrazine groups is 1. The average molecular weight is 398 g/mol. The van der Waals surface area contributed by atoms with E-state index >= 15 is 0 Å². The van der Waals surface area contributed by atoms with Crippen molar-refractivity contribution in [3.05, 3.63) is 35.4 Å². The predicted octanol–water partition coefficient (Wildman–Crippen LogP) is 1.39. The maximum Gasteiger partial charge on any atom is 0.330 e. The van der Waals surface area contributed by atoms with Crippen molar-refractivity contribution in [1.29, 1.82) is 0 Å². The molecule has 1 unspecified atom stereocenters. The van der Waals surface area contributed by atoms with Crippen LogP contribution in [0.1, 0.15) is 53.3 Å². The maximum atomic E-state index is 13.5. The largest absolute Gasteiger partial charge is 0.464 e. The Morgan fingerprint density at radius 1 is 1.07 bits per heavy atom. The van der Waals surface area contributed by atoms with E-state index in [2.05, 4.69) is 0 Å². The van der Waals surface area contributed by atoms with E-state index in [1.54, 1.807) is 31.2 Å². The fourth-order valence-electron chi connectivity index (χ4n) is 4.55. The quantitative estimate of drug-likeness (QED) is 0.563. The van der Waals surface area contributed by atoms with Crippen molar-refractivity contribution in [2.75, 3.05) is 13.2 Å². The minimum absolute atomic E-state index is 0.0376. The summed E-state index contributed by atoms with van der Waals surface area (Å²) in [6.45, 7) is 2.15. The molecule has 0 bridgehead atoms. The number of ether oxygens (including phenoxy) is 1. The Kier molecular flexibility index (Phi) is 4.94. The molecule has 0 N–H and O–H groups in total. The molecule has 8 nitrogen and oxygen atoms in total. The number of carbonyl (C=O) groups excluding carboxylic acids is 5. The number of hydrogen-bond donors (Lipinski definition) is 0. The molecule has 1 aromatic rings. The average Bonchev–Trinajstić information content (AvgIpc) is 2.90. The van der Waals surface area contributed by atoms with Gasteiger partial charge in [-0.3, -0.25) is 24.2 Å². The summed E-state index contributed by atoms with van der Waals surface area (Å²) in [5, 5.41) is 2.45. The molecule has 0 saturated carbocycles. The Hall–Kier alpha value is -3.03. The number of hydrogen-bond acceptors (Lipinski definition) is 6. The number of amides is 2. The summed E-state index contributed by atoms with van der Waals surface area (Å²) in [7, 11) is 0. The van der Waals surface area contributed by atoms with Gasteiger partial charge in [0, 0.05) is 24.1 Å². The maximum absolute atomic E-state index is 13.5. The van der Waals surface area contributed by atoms with Gasteiger partial charge in [-0.2, -0.15) is 0 Å². The van der Waals surface area contributed by atoms with Gasteiger partial charge in [0.25, 0.3) is 0 Å². The molecule has 0 spiro atoms. The lowest BCUT2D eigenvalue weighted by molar-refractivity contribution is -0.184. The van der Waals surface area contributed by atoms with Crippen molar-refractivity contribution in [2.24, 2.45) is 11.8 Å². The number of ketones is 2. The molecule has 1 aromatic carbocycles. The molecule has 152 valence electrons. The van der Waals surface area contributed by atoms with Crippen molar-refractivity contribution in [2.45, 2.75) is 38.6 Å². The second kappa shape index (κ2) is 7.42. The Labute approximate surface area is 167 Å². The molecule has 4 rings (SSSR count). The minimum Gasteiger partial charge on any atom is -0.464 e. The number of rotatable bonds is 3. The second-order valence-electron chi connectivity index (χ2n) is 7.51. The monoisotopic (exact) mass is 398 g/mol. The van der Waals surface area contributed by atoms with Crippen LogP contribution in [0.4, 0.5) is 0 Å². The number of fused-ring (bicyclic) bond motifs is 2. The molecule has 8 heteroatoms. The summed E-state index contributed by atoms with van der Waals surface area (Å²) in [6, 6.07) is 5.59. The van der Waals surface area contributed by atoms with E-state index in [4.69, 9.17) is 4.74 Å². The van der Waals surface area contributed by atoms with Gasteiger partial charge in [-0.1, -0.05) is 24.3 Å². The van der Waals surface area contributed by atoms with Crippen molar-refractivity contribution in [3.8, 4) is 0 Å². The summed E-state index contributed by atoms with van der Waals surface area (Å²) < 4.78 is 5.10. The van der Waals surface area contributed by atoms with Crippen LogP contribution < -0.4 is 0 Å². The molecule has 2 aliphatic heterocycles. The zero-order chi connectivity index (χ0) is 20.7. The van der Waals surface area contributed by atoms with Gasteiger partial charge in [-0.25, -0.2) is 9.80 Å². The van der Waals surface area contributed by atoms with Crippen LogP contribution in [0.15, 0.2) is 24.3 Å². The zero-order valence-electron chi connectivity index (χ0n) is 16.1. The van der Waals surface area contributed by atoms with Gasteiger partial charge >= 0.3 is 5.97 Å². The van der Waals surface area contributed by atoms with Gasteiger partial charge in [-0.15, -0.1) is 0 Å². The molecule has 2 atom stereocenters. The lowest BCUT2D eigenvalue weighted by Crippen LogP contribution is -2.61. The number of esters is 1. The van der Waals surface area contributed by atoms with Crippen LogP contribution in [0.5, 0.6) is 0 Å². The molecular weight excluding hydrogens is 376 g/mol. The van der Waals surface area contributed by atoms with Crippen molar-refractivity contribution < 1.29 is 28.7 Å². The number of carbonyl (C=O) groups is 5. The van der Waals surface area contributed by atoms with Crippen LogP contribution in [0.25, 0.3) is 0 Å². The molecule has 3 aliphatic rings. The van der Waals surface area contributed by atoms with Crippen LogP contribution in [0.2, 0.25) is 0 Å². The third kappa shape index (κ3) is 3.03. The molecule has 0 aromatic heterocycles. The minimum atomic E-state index is -1.16. The Bertz CT molecular complexity index is 875. The third-order valence-electron chi connectivity index (χ3n) is 5.89. The molecule has 2 fully saturated rings. The number of benzene rings is 1. The van der Waals surface area contributed by atoms with E-state index < -0.39 is 41.3 Å². The van der Waals surface area contributed by atoms with Gasteiger partial charge in [0.15, 0.2) is 17.6 Å². The topological polar surface area (TPSA) is 101 Å². The normalized spacial score (nSPS) is 25.0. The lowest BCUT2D eigenvalue weighted by atomic mass is 9.84. The van der Waals surface area contributed by atoms with Gasteiger partial charge in [-0.05, 0) is 26.2 Å². The summed E-state index contributed by atoms with van der Waals surface area (Å²) >= 11 is 0. The third-order valence-corrected chi connectivity index (χ3v) is 5.89. The molecule has 29 heavy (non-hydrogen) atoms. The summed E-state index contributed by atoms with van der Waals surface area (Å²) in [5.74, 6) is -4.32. The highest BCUT2D eigenvalue weighted by atomic mass is 16.5. The second-order valence-corrected chi connectivity index (χ2v) is 7.51. The fraction of sp³-hybridized carbons (Fsp3) is 0.476. The van der Waals surface area contributed by atoms with Crippen LogP contribution in [-0.2, 0) is 19.1 Å². The van der Waals surface area contributed by atoms with E-state index in [1.807, 2.05) is 0 Å². The smallest absolute Gasteiger partial charge is 0.330 e. The molecule has 2 amide bonds. The molecule has 1 aliphatic carbocycles. The van der Waals surface area contributed by atoms with Crippen molar-refractivity contribution in [1.82, 2.24) is 10.0 Å². The highest BCUT2D eigenvalue weighted by Crippen LogP contribution is 2.38. The standard InChI is InChI=1S/C21H22N2O6/c1-2-29-21(28)15-8-5-11-22-16(24)10-9-14(20(27)23(15)22)17-18(25)12-6-3-4-7-13(12)19(17)26/h3-4,6-7,14-15,17H,2,5,8-11H2,1H3/t14-,15?/m1/s1. The van der Waals surface area contributed by atoms with Crippen LogP contribution in [-0.4, -0.2) is 58.6 Å². The first-order valence-electron chi connectivity index (χ1n) is 9.93. The lowest BCUT2D eigenvalue weighted by Gasteiger charge is -2.42. The first kappa shape index (κ1) is 19.3. The SMILES string of the molecule is CCOC(=O)C1CCCN2C(=O)CC[C@H](C3C(=O)c4ccccc4C3=O)C(=O)N12. The van der Waals surface area contributed by atoms with Gasteiger partial charge < -0.3 is 4.74 Å². The predicted molar refractivity (Wildman–Crippen MR) is 99.5 cm³/mol. The van der Waals surface area contributed by atoms with Crippen LogP contribution in [0, 0.1) is 11.8 Å².